The van der Waals surface area contributed by atoms with Crippen molar-refractivity contribution < 1.29 is 13.9 Å². The first-order valence-corrected chi connectivity index (χ1v) is 12.9. The summed E-state index contributed by atoms with van der Waals surface area (Å²) in [5.41, 5.74) is 2.04. The van der Waals surface area contributed by atoms with Gasteiger partial charge in [0.15, 0.2) is 0 Å². The minimum absolute atomic E-state index is 0.0335. The van der Waals surface area contributed by atoms with E-state index in [1.54, 1.807) is 17.7 Å². The first kappa shape index (κ1) is 21.9. The van der Waals surface area contributed by atoms with Gasteiger partial charge in [0, 0.05) is 30.6 Å². The Labute approximate surface area is 201 Å². The van der Waals surface area contributed by atoms with Crippen molar-refractivity contribution in [3.63, 3.8) is 0 Å². The lowest BCUT2D eigenvalue weighted by Gasteiger charge is -2.22. The molecule has 1 aromatic carbocycles. The minimum Gasteiger partial charge on any atom is -0.379 e. The van der Waals surface area contributed by atoms with Crippen molar-refractivity contribution in [3.8, 4) is 11.1 Å². The van der Waals surface area contributed by atoms with Crippen LogP contribution in [0.3, 0.4) is 0 Å². The fourth-order valence-corrected chi connectivity index (χ4v) is 6.42. The number of piperidine rings is 1. The smallest absolute Gasteiger partial charge is 0.237 e. The molecule has 4 heterocycles. The molecule has 3 aromatic rings. The number of carbonyl (C=O) groups excluding carboxylic acids is 1. The molecule has 0 spiro atoms. The number of nitrogens with zero attached hydrogens (tertiary/aromatic N) is 3. The summed E-state index contributed by atoms with van der Waals surface area (Å²) in [6.07, 6.45) is 3.63. The van der Waals surface area contributed by atoms with E-state index in [0.29, 0.717) is 30.9 Å². The van der Waals surface area contributed by atoms with E-state index in [-0.39, 0.29) is 17.8 Å². The summed E-state index contributed by atoms with van der Waals surface area (Å²) < 4.78 is 19.3. The number of anilines is 1. The highest BCUT2D eigenvalue weighted by atomic mass is 32.1. The van der Waals surface area contributed by atoms with Gasteiger partial charge in [0.2, 0.25) is 5.91 Å². The minimum atomic E-state index is -0.235. The van der Waals surface area contributed by atoms with Crippen molar-refractivity contribution >= 4 is 33.3 Å². The highest BCUT2D eigenvalue weighted by molar-refractivity contribution is 7.17. The van der Waals surface area contributed by atoms with E-state index in [1.807, 2.05) is 12.1 Å². The van der Waals surface area contributed by atoms with Gasteiger partial charge in [0.25, 0.3) is 0 Å². The third kappa shape index (κ3) is 4.16. The predicted molar refractivity (Wildman–Crippen MR) is 130 cm³/mol. The molecule has 0 bridgehead atoms. The van der Waals surface area contributed by atoms with Gasteiger partial charge in [-0.2, -0.15) is 0 Å². The van der Waals surface area contributed by atoms with Crippen LogP contribution in [0.4, 0.5) is 10.2 Å². The molecule has 6 rings (SSSR count). The van der Waals surface area contributed by atoms with Gasteiger partial charge >= 0.3 is 0 Å². The largest absolute Gasteiger partial charge is 0.379 e. The lowest BCUT2D eigenvalue weighted by molar-refractivity contribution is -0.123. The average Bonchev–Trinajstić information content (AvgIpc) is 3.38. The van der Waals surface area contributed by atoms with Crippen LogP contribution in [0.2, 0.25) is 0 Å². The second kappa shape index (κ2) is 9.20. The molecule has 34 heavy (non-hydrogen) atoms. The maximum atomic E-state index is 13.4. The summed E-state index contributed by atoms with van der Waals surface area (Å²) in [6.45, 7) is 4.73. The number of amides is 1. The Hall–Kier alpha value is -2.62. The lowest BCUT2D eigenvalue weighted by atomic mass is 10.1. The molecule has 1 amide bonds. The first-order chi connectivity index (χ1) is 16.7. The fraction of sp³-hybridized carbons (Fsp3) is 0.480. The van der Waals surface area contributed by atoms with Crippen molar-refractivity contribution in [2.75, 3.05) is 44.3 Å². The zero-order valence-electron chi connectivity index (χ0n) is 18.9. The Bertz CT molecular complexity index is 1170. The van der Waals surface area contributed by atoms with Crippen LogP contribution in [0, 0.1) is 23.6 Å². The van der Waals surface area contributed by atoms with Gasteiger partial charge in [-0.1, -0.05) is 12.1 Å². The summed E-state index contributed by atoms with van der Waals surface area (Å²) in [5, 5.41) is 9.32. The molecule has 3 fully saturated rings. The Morgan fingerprint density at radius 1 is 1.24 bits per heavy atom. The second-order valence-electron chi connectivity index (χ2n) is 9.45. The maximum Gasteiger partial charge on any atom is 0.237 e. The van der Waals surface area contributed by atoms with E-state index in [2.05, 4.69) is 30.9 Å². The van der Waals surface area contributed by atoms with Gasteiger partial charge in [-0.3, -0.25) is 4.79 Å². The molecule has 1 aliphatic carbocycles. The first-order valence-electron chi connectivity index (χ1n) is 12.0. The number of fused-ring (bicyclic) bond motifs is 2. The number of hydrogen-bond acceptors (Lipinski definition) is 7. The van der Waals surface area contributed by atoms with Crippen molar-refractivity contribution in [2.24, 2.45) is 17.8 Å². The topological polar surface area (TPSA) is 79.4 Å². The van der Waals surface area contributed by atoms with E-state index < -0.39 is 0 Å². The molecular formula is C25H28FN5O2S. The normalized spacial score (nSPS) is 25.6. The zero-order chi connectivity index (χ0) is 23.1. The third-order valence-electron chi connectivity index (χ3n) is 7.41. The van der Waals surface area contributed by atoms with Crippen LogP contribution in [-0.4, -0.2) is 61.3 Å². The van der Waals surface area contributed by atoms with Crippen LogP contribution < -0.4 is 15.5 Å². The van der Waals surface area contributed by atoms with Gasteiger partial charge in [-0.25, -0.2) is 14.4 Å². The molecule has 7 nitrogen and oxygen atoms in total. The summed E-state index contributed by atoms with van der Waals surface area (Å²) in [7, 11) is 0. The molecule has 1 saturated carbocycles. The Kier molecular flexibility index (Phi) is 5.92. The Morgan fingerprint density at radius 2 is 2.06 bits per heavy atom. The predicted octanol–water partition coefficient (Wildman–Crippen LogP) is 3.06. The zero-order valence-corrected chi connectivity index (χ0v) is 19.7. The van der Waals surface area contributed by atoms with E-state index in [1.165, 1.54) is 12.1 Å². The van der Waals surface area contributed by atoms with Crippen LogP contribution in [0.5, 0.6) is 0 Å². The molecule has 2 aromatic heterocycles. The van der Waals surface area contributed by atoms with Gasteiger partial charge < -0.3 is 20.3 Å². The number of nitrogens with one attached hydrogen (secondary N) is 2. The molecule has 2 aliphatic heterocycles. The van der Waals surface area contributed by atoms with Crippen molar-refractivity contribution in [2.45, 2.75) is 18.9 Å². The van der Waals surface area contributed by atoms with Crippen molar-refractivity contribution in [1.29, 1.82) is 0 Å². The highest BCUT2D eigenvalue weighted by Gasteiger charge is 2.56. The average molecular weight is 482 g/mol. The Morgan fingerprint density at radius 3 is 2.82 bits per heavy atom. The highest BCUT2D eigenvalue weighted by Crippen LogP contribution is 2.53. The summed E-state index contributed by atoms with van der Waals surface area (Å²) in [4.78, 5) is 24.5. The summed E-state index contributed by atoms with van der Waals surface area (Å²) >= 11 is 1.60. The van der Waals surface area contributed by atoms with Crippen LogP contribution in [0.15, 0.2) is 36.0 Å². The molecule has 178 valence electrons. The Balaban J connectivity index is 1.03. The van der Waals surface area contributed by atoms with E-state index in [0.717, 1.165) is 66.2 Å². The van der Waals surface area contributed by atoms with Crippen molar-refractivity contribution in [3.05, 3.63) is 41.8 Å². The quantitative estimate of drug-likeness (QED) is 0.482. The summed E-state index contributed by atoms with van der Waals surface area (Å²) in [6, 6.07) is 6.59. The summed E-state index contributed by atoms with van der Waals surface area (Å²) in [5.74, 6) is 2.65. The van der Waals surface area contributed by atoms with E-state index >= 15 is 0 Å². The van der Waals surface area contributed by atoms with Crippen LogP contribution in [-0.2, 0) is 9.53 Å². The van der Waals surface area contributed by atoms with E-state index in [4.69, 9.17) is 4.74 Å². The third-order valence-corrected chi connectivity index (χ3v) is 8.30. The molecule has 2 unspecified atom stereocenters. The van der Waals surface area contributed by atoms with Gasteiger partial charge in [0.1, 0.15) is 22.8 Å². The number of aromatic nitrogens is 2. The van der Waals surface area contributed by atoms with Crippen molar-refractivity contribution in [1.82, 2.24) is 20.6 Å². The van der Waals surface area contributed by atoms with Crippen LogP contribution >= 0.6 is 11.3 Å². The number of hydrogen-bond donors (Lipinski definition) is 2. The molecule has 2 N–H and O–H groups in total. The SMILES string of the molecule is O=C(NCCOCC1C2CN(c3ncnc4scc(-c5ccc(F)cc5)c34)CC12)[C@@H]1CCCN1. The van der Waals surface area contributed by atoms with Gasteiger partial charge in [0.05, 0.1) is 24.6 Å². The number of thiophene rings is 1. The molecular weight excluding hydrogens is 453 g/mol. The lowest BCUT2D eigenvalue weighted by Crippen LogP contribution is -2.41. The number of benzene rings is 1. The van der Waals surface area contributed by atoms with Crippen LogP contribution in [0.1, 0.15) is 12.8 Å². The van der Waals surface area contributed by atoms with Crippen LogP contribution in [0.25, 0.3) is 21.3 Å². The molecule has 3 aliphatic rings. The maximum absolute atomic E-state index is 13.4. The number of ether oxygens (including phenoxy) is 1. The van der Waals surface area contributed by atoms with Gasteiger partial charge in [-0.05, 0) is 54.8 Å². The second-order valence-corrected chi connectivity index (χ2v) is 10.3. The number of rotatable bonds is 8. The molecule has 9 heteroatoms. The number of halogens is 1. The van der Waals surface area contributed by atoms with Gasteiger partial charge in [-0.15, -0.1) is 11.3 Å². The van der Waals surface area contributed by atoms with E-state index in [9.17, 15) is 9.18 Å². The molecule has 0 radical (unpaired) electrons. The standard InChI is InChI=1S/C25H28FN5O2S/c26-16-5-3-15(4-6-16)20-13-34-25-22(20)23(29-14-30-25)31-10-17-18(11-31)19(17)12-33-9-8-28-24(32)21-2-1-7-27-21/h3-6,13-14,17-19,21,27H,1-2,7-12H2,(H,28,32)/t17?,18?,19?,21-/m0/s1. The monoisotopic (exact) mass is 481 g/mol. The number of carbonyl (C=O) groups is 1. The fourth-order valence-electron chi connectivity index (χ4n) is 5.51. The molecule has 3 atom stereocenters. The molecule has 2 saturated heterocycles.